The van der Waals surface area contributed by atoms with Crippen LogP contribution >= 0.6 is 0 Å². The molecule has 1 aromatic carbocycles. The van der Waals surface area contributed by atoms with Crippen LogP contribution in [0.15, 0.2) is 18.2 Å². The molecular weight excluding hydrogens is 258 g/mol. The Bertz CT molecular complexity index is 436. The maximum Gasteiger partial charge on any atom is 0.163 e. The van der Waals surface area contributed by atoms with Crippen LogP contribution in [0.3, 0.4) is 0 Å². The van der Waals surface area contributed by atoms with Gasteiger partial charge in [0.15, 0.2) is 11.6 Å². The molecule has 0 aliphatic carbocycles. The fourth-order valence-corrected chi connectivity index (χ4v) is 3.05. The fourth-order valence-electron chi connectivity index (χ4n) is 3.05. The summed E-state index contributed by atoms with van der Waals surface area (Å²) in [4.78, 5) is 2.43. The van der Waals surface area contributed by atoms with Crippen molar-refractivity contribution in [2.24, 2.45) is 5.92 Å². The van der Waals surface area contributed by atoms with Gasteiger partial charge in [0.1, 0.15) is 0 Å². The Hall–Kier alpha value is -1.00. The average Bonchev–Trinajstić information content (AvgIpc) is 2.44. The quantitative estimate of drug-likeness (QED) is 0.891. The standard InChI is InChI=1S/C16H24F2N2/c1-12-5-4-9-20(11-12)10-8-15(19-2)13-6-3-7-14(17)16(13)18/h3,6-7,12,15,19H,4-5,8-11H2,1-2H3. The molecule has 0 spiro atoms. The van der Waals surface area contributed by atoms with Crippen molar-refractivity contribution < 1.29 is 8.78 Å². The second-order valence-electron chi connectivity index (χ2n) is 5.82. The van der Waals surface area contributed by atoms with E-state index >= 15 is 0 Å². The molecule has 1 aliphatic rings. The summed E-state index contributed by atoms with van der Waals surface area (Å²) < 4.78 is 27.1. The summed E-state index contributed by atoms with van der Waals surface area (Å²) in [5.74, 6) is -0.754. The van der Waals surface area contributed by atoms with Crippen LogP contribution in [0.1, 0.15) is 37.8 Å². The lowest BCUT2D eigenvalue weighted by atomic mass is 9.98. The Balaban J connectivity index is 1.97. The first-order valence-corrected chi connectivity index (χ1v) is 7.45. The first-order chi connectivity index (χ1) is 9.61. The van der Waals surface area contributed by atoms with Crippen molar-refractivity contribution in [1.82, 2.24) is 10.2 Å². The number of benzene rings is 1. The highest BCUT2D eigenvalue weighted by atomic mass is 19.2. The molecular formula is C16H24F2N2. The van der Waals surface area contributed by atoms with Gasteiger partial charge in [-0.3, -0.25) is 0 Å². The largest absolute Gasteiger partial charge is 0.313 e. The second kappa shape index (κ2) is 7.14. The number of nitrogens with zero attached hydrogens (tertiary/aromatic N) is 1. The van der Waals surface area contributed by atoms with Crippen LogP contribution in [0.5, 0.6) is 0 Å². The Kier molecular flexibility index (Phi) is 5.49. The number of halogens is 2. The molecule has 2 nitrogen and oxygen atoms in total. The van der Waals surface area contributed by atoms with E-state index < -0.39 is 11.6 Å². The van der Waals surface area contributed by atoms with Crippen molar-refractivity contribution in [2.75, 3.05) is 26.7 Å². The van der Waals surface area contributed by atoms with E-state index in [9.17, 15) is 8.78 Å². The molecule has 1 fully saturated rings. The second-order valence-corrected chi connectivity index (χ2v) is 5.82. The molecule has 1 aliphatic heterocycles. The Morgan fingerprint density at radius 2 is 2.20 bits per heavy atom. The summed E-state index contributed by atoms with van der Waals surface area (Å²) in [6.45, 7) is 5.42. The molecule has 1 saturated heterocycles. The van der Waals surface area contributed by atoms with E-state index in [-0.39, 0.29) is 6.04 Å². The van der Waals surface area contributed by atoms with Gasteiger partial charge in [0.2, 0.25) is 0 Å². The van der Waals surface area contributed by atoms with Crippen LogP contribution in [0, 0.1) is 17.6 Å². The van der Waals surface area contributed by atoms with Crippen molar-refractivity contribution in [3.63, 3.8) is 0 Å². The van der Waals surface area contributed by atoms with Gasteiger partial charge in [-0.15, -0.1) is 0 Å². The molecule has 20 heavy (non-hydrogen) atoms. The number of nitrogens with one attached hydrogen (secondary N) is 1. The Labute approximate surface area is 120 Å². The number of rotatable bonds is 5. The van der Waals surface area contributed by atoms with Crippen LogP contribution in [0.4, 0.5) is 8.78 Å². The molecule has 0 radical (unpaired) electrons. The molecule has 0 saturated carbocycles. The topological polar surface area (TPSA) is 15.3 Å². The normalized spacial score (nSPS) is 21.9. The van der Waals surface area contributed by atoms with Crippen LogP contribution in [-0.2, 0) is 0 Å². The number of hydrogen-bond acceptors (Lipinski definition) is 2. The van der Waals surface area contributed by atoms with Gasteiger partial charge in [-0.2, -0.15) is 0 Å². The molecule has 1 aromatic rings. The van der Waals surface area contributed by atoms with E-state index in [1.54, 1.807) is 19.2 Å². The van der Waals surface area contributed by atoms with Crippen molar-refractivity contribution in [1.29, 1.82) is 0 Å². The zero-order valence-electron chi connectivity index (χ0n) is 12.3. The molecule has 2 unspecified atom stereocenters. The minimum Gasteiger partial charge on any atom is -0.313 e. The van der Waals surface area contributed by atoms with Crippen LogP contribution in [0.2, 0.25) is 0 Å². The van der Waals surface area contributed by atoms with E-state index in [2.05, 4.69) is 17.1 Å². The van der Waals surface area contributed by atoms with Gasteiger partial charge in [-0.1, -0.05) is 19.1 Å². The third-order valence-electron chi connectivity index (χ3n) is 4.18. The third kappa shape index (κ3) is 3.76. The summed E-state index contributed by atoms with van der Waals surface area (Å²) in [7, 11) is 1.80. The Morgan fingerprint density at radius 3 is 2.90 bits per heavy atom. The highest BCUT2D eigenvalue weighted by Gasteiger charge is 2.20. The van der Waals surface area contributed by atoms with E-state index in [1.807, 2.05) is 0 Å². The zero-order valence-corrected chi connectivity index (χ0v) is 12.3. The highest BCUT2D eigenvalue weighted by molar-refractivity contribution is 5.22. The van der Waals surface area contributed by atoms with Crippen LogP contribution in [-0.4, -0.2) is 31.6 Å². The molecule has 2 atom stereocenters. The summed E-state index contributed by atoms with van der Waals surface area (Å²) in [6, 6.07) is 4.26. The molecule has 1 N–H and O–H groups in total. The number of likely N-dealkylation sites (tertiary alicyclic amines) is 1. The Morgan fingerprint density at radius 1 is 1.40 bits per heavy atom. The summed E-state index contributed by atoms with van der Waals surface area (Å²) >= 11 is 0. The molecule has 0 amide bonds. The van der Waals surface area contributed by atoms with Crippen molar-refractivity contribution in [3.8, 4) is 0 Å². The van der Waals surface area contributed by atoms with E-state index in [1.165, 1.54) is 12.8 Å². The van der Waals surface area contributed by atoms with Crippen LogP contribution in [0.25, 0.3) is 0 Å². The van der Waals surface area contributed by atoms with E-state index in [0.29, 0.717) is 5.56 Å². The monoisotopic (exact) mass is 282 g/mol. The molecule has 1 heterocycles. The van der Waals surface area contributed by atoms with Gasteiger partial charge in [-0.25, -0.2) is 8.78 Å². The minimum atomic E-state index is -0.769. The van der Waals surface area contributed by atoms with E-state index in [0.717, 1.165) is 38.0 Å². The molecule has 0 bridgehead atoms. The summed E-state index contributed by atoms with van der Waals surface area (Å²) in [6.07, 6.45) is 3.33. The first kappa shape index (κ1) is 15.4. The lowest BCUT2D eigenvalue weighted by Crippen LogP contribution is -2.36. The molecule has 2 rings (SSSR count). The van der Waals surface area contributed by atoms with Crippen molar-refractivity contribution in [3.05, 3.63) is 35.4 Å². The average molecular weight is 282 g/mol. The number of piperidine rings is 1. The summed E-state index contributed by atoms with van der Waals surface area (Å²) in [5, 5.41) is 3.10. The maximum atomic E-state index is 13.8. The predicted octanol–water partition coefficient (Wildman–Crippen LogP) is 3.35. The minimum absolute atomic E-state index is 0.136. The fraction of sp³-hybridized carbons (Fsp3) is 0.625. The third-order valence-corrected chi connectivity index (χ3v) is 4.18. The molecule has 112 valence electrons. The van der Waals surface area contributed by atoms with Gasteiger partial charge in [0.25, 0.3) is 0 Å². The van der Waals surface area contributed by atoms with Crippen molar-refractivity contribution >= 4 is 0 Å². The lowest BCUT2D eigenvalue weighted by Gasteiger charge is -2.32. The van der Waals surface area contributed by atoms with Crippen LogP contribution < -0.4 is 5.32 Å². The summed E-state index contributed by atoms with van der Waals surface area (Å²) in [5.41, 5.74) is 0.428. The molecule has 4 heteroatoms. The smallest absolute Gasteiger partial charge is 0.163 e. The maximum absolute atomic E-state index is 13.8. The number of hydrogen-bond donors (Lipinski definition) is 1. The SMILES string of the molecule is CNC(CCN1CCCC(C)C1)c1cccc(F)c1F. The van der Waals surface area contributed by atoms with Crippen molar-refractivity contribution in [2.45, 2.75) is 32.2 Å². The zero-order chi connectivity index (χ0) is 14.5. The van der Waals surface area contributed by atoms with Gasteiger partial charge in [-0.05, 0) is 51.4 Å². The van der Waals surface area contributed by atoms with Gasteiger partial charge >= 0.3 is 0 Å². The lowest BCUT2D eigenvalue weighted by molar-refractivity contribution is 0.176. The first-order valence-electron chi connectivity index (χ1n) is 7.45. The van der Waals surface area contributed by atoms with Gasteiger partial charge in [0, 0.05) is 18.2 Å². The highest BCUT2D eigenvalue weighted by Crippen LogP contribution is 2.23. The molecule has 0 aromatic heterocycles. The van der Waals surface area contributed by atoms with E-state index in [4.69, 9.17) is 0 Å². The predicted molar refractivity (Wildman–Crippen MR) is 77.6 cm³/mol. The van der Waals surface area contributed by atoms with Gasteiger partial charge in [0.05, 0.1) is 0 Å². The van der Waals surface area contributed by atoms with Gasteiger partial charge < -0.3 is 10.2 Å².